The molecule has 0 amide bonds. The third-order valence-corrected chi connectivity index (χ3v) is 3.50. The number of hydrogen-bond acceptors (Lipinski definition) is 2. The van der Waals surface area contributed by atoms with Crippen LogP contribution in [0.25, 0.3) is 10.9 Å². The second kappa shape index (κ2) is 4.86. The maximum atomic E-state index is 11.3. The number of aromatic carboxylic acids is 1. The molecule has 1 heterocycles. The lowest BCUT2D eigenvalue weighted by Crippen LogP contribution is -2.03. The third kappa shape index (κ3) is 2.35. The zero-order valence-electron chi connectivity index (χ0n) is 9.87. The maximum Gasteiger partial charge on any atom is 0.336 e. The Balaban J connectivity index is 2.90. The quantitative estimate of drug-likeness (QED) is 0.884. The zero-order valence-corrected chi connectivity index (χ0v) is 12.2. The molecular formula is C13H11BrClNO2. The summed E-state index contributed by atoms with van der Waals surface area (Å²) in [7, 11) is 0. The number of aromatic nitrogens is 1. The van der Waals surface area contributed by atoms with Crippen molar-refractivity contribution in [2.24, 2.45) is 0 Å². The molecule has 0 atom stereocenters. The van der Waals surface area contributed by atoms with Crippen molar-refractivity contribution in [2.75, 3.05) is 0 Å². The monoisotopic (exact) mass is 327 g/mol. The number of fused-ring (bicyclic) bond motifs is 1. The van der Waals surface area contributed by atoms with E-state index < -0.39 is 5.97 Å². The molecule has 2 rings (SSSR count). The van der Waals surface area contributed by atoms with E-state index in [0.717, 1.165) is 5.69 Å². The number of pyridine rings is 1. The fourth-order valence-electron chi connectivity index (χ4n) is 1.74. The van der Waals surface area contributed by atoms with Gasteiger partial charge in [0.1, 0.15) is 0 Å². The van der Waals surface area contributed by atoms with Crippen molar-refractivity contribution < 1.29 is 9.90 Å². The van der Waals surface area contributed by atoms with Gasteiger partial charge in [0.25, 0.3) is 0 Å². The summed E-state index contributed by atoms with van der Waals surface area (Å²) in [4.78, 5) is 15.8. The lowest BCUT2D eigenvalue weighted by Gasteiger charge is -2.10. The van der Waals surface area contributed by atoms with Crippen molar-refractivity contribution in [3.63, 3.8) is 0 Å². The fourth-order valence-corrected chi connectivity index (χ4v) is 2.64. The third-order valence-electron chi connectivity index (χ3n) is 2.67. The molecule has 0 fully saturated rings. The summed E-state index contributed by atoms with van der Waals surface area (Å²) in [6, 6.07) is 4.95. The molecule has 0 saturated carbocycles. The maximum absolute atomic E-state index is 11.3. The van der Waals surface area contributed by atoms with E-state index in [9.17, 15) is 9.90 Å². The van der Waals surface area contributed by atoms with Gasteiger partial charge in [-0.3, -0.25) is 4.98 Å². The van der Waals surface area contributed by atoms with Crippen molar-refractivity contribution in [1.82, 2.24) is 4.98 Å². The number of hydrogen-bond donors (Lipinski definition) is 1. The summed E-state index contributed by atoms with van der Waals surface area (Å²) in [5, 5.41) is 10.3. The van der Waals surface area contributed by atoms with Crippen LogP contribution < -0.4 is 0 Å². The van der Waals surface area contributed by atoms with E-state index >= 15 is 0 Å². The Morgan fingerprint density at radius 1 is 1.39 bits per heavy atom. The SMILES string of the molecule is CC(C)c1cc(C(=O)O)c2cc(Cl)cc(Br)c2n1. The highest BCUT2D eigenvalue weighted by Gasteiger charge is 2.15. The average Bonchev–Trinajstić information content (AvgIpc) is 2.27. The van der Waals surface area contributed by atoms with E-state index in [1.165, 1.54) is 0 Å². The first kappa shape index (κ1) is 13.3. The molecule has 0 aliphatic rings. The molecule has 0 bridgehead atoms. The van der Waals surface area contributed by atoms with Crippen LogP contribution in [0.3, 0.4) is 0 Å². The molecule has 18 heavy (non-hydrogen) atoms. The van der Waals surface area contributed by atoms with Gasteiger partial charge in [0.2, 0.25) is 0 Å². The zero-order chi connectivity index (χ0) is 13.4. The van der Waals surface area contributed by atoms with Crippen LogP contribution in [0.4, 0.5) is 0 Å². The first-order valence-corrected chi connectivity index (χ1v) is 6.60. The van der Waals surface area contributed by atoms with Gasteiger partial charge in [0.05, 0.1) is 11.1 Å². The van der Waals surface area contributed by atoms with Crippen LogP contribution in [0.1, 0.15) is 35.8 Å². The van der Waals surface area contributed by atoms with Crippen molar-refractivity contribution in [3.05, 3.63) is 39.0 Å². The molecule has 1 N–H and O–H groups in total. The Hall–Kier alpha value is -1.13. The summed E-state index contributed by atoms with van der Waals surface area (Å²) < 4.78 is 0.704. The minimum Gasteiger partial charge on any atom is -0.478 e. The largest absolute Gasteiger partial charge is 0.478 e. The minimum atomic E-state index is -0.974. The second-order valence-electron chi connectivity index (χ2n) is 4.34. The van der Waals surface area contributed by atoms with Crippen LogP contribution in [0.2, 0.25) is 5.02 Å². The summed E-state index contributed by atoms with van der Waals surface area (Å²) in [6.07, 6.45) is 0. The molecule has 0 unspecified atom stereocenters. The second-order valence-corrected chi connectivity index (χ2v) is 5.63. The topological polar surface area (TPSA) is 50.2 Å². The fraction of sp³-hybridized carbons (Fsp3) is 0.231. The normalized spacial score (nSPS) is 11.2. The molecule has 94 valence electrons. The Kier molecular flexibility index (Phi) is 3.59. The van der Waals surface area contributed by atoms with Crippen LogP contribution in [0.15, 0.2) is 22.7 Å². The number of carboxylic acids is 1. The van der Waals surface area contributed by atoms with Gasteiger partial charge in [-0.1, -0.05) is 25.4 Å². The first-order valence-electron chi connectivity index (χ1n) is 5.43. The van der Waals surface area contributed by atoms with Crippen LogP contribution in [-0.2, 0) is 0 Å². The Bertz CT molecular complexity index is 640. The van der Waals surface area contributed by atoms with Gasteiger partial charge in [-0.25, -0.2) is 4.79 Å². The van der Waals surface area contributed by atoms with E-state index in [0.29, 0.717) is 20.4 Å². The number of carbonyl (C=O) groups is 1. The van der Waals surface area contributed by atoms with E-state index in [4.69, 9.17) is 11.6 Å². The average molecular weight is 329 g/mol. The minimum absolute atomic E-state index is 0.162. The van der Waals surface area contributed by atoms with E-state index in [-0.39, 0.29) is 11.5 Å². The highest BCUT2D eigenvalue weighted by atomic mass is 79.9. The summed E-state index contributed by atoms with van der Waals surface area (Å²) in [5.41, 5.74) is 1.61. The van der Waals surface area contributed by atoms with Gasteiger partial charge in [0.15, 0.2) is 0 Å². The molecule has 5 heteroatoms. The van der Waals surface area contributed by atoms with E-state index in [2.05, 4.69) is 20.9 Å². The summed E-state index contributed by atoms with van der Waals surface area (Å²) in [5.74, 6) is -0.812. The number of nitrogens with zero attached hydrogens (tertiary/aromatic N) is 1. The van der Waals surface area contributed by atoms with Crippen molar-refractivity contribution in [3.8, 4) is 0 Å². The first-order chi connectivity index (χ1) is 8.40. The van der Waals surface area contributed by atoms with Gasteiger partial charge in [0, 0.05) is 20.6 Å². The van der Waals surface area contributed by atoms with Gasteiger partial charge in [-0.05, 0) is 40.0 Å². The molecule has 1 aromatic carbocycles. The number of benzene rings is 1. The molecule has 1 aromatic heterocycles. The van der Waals surface area contributed by atoms with E-state index in [1.54, 1.807) is 18.2 Å². The molecule has 3 nitrogen and oxygen atoms in total. The Morgan fingerprint density at radius 2 is 2.06 bits per heavy atom. The highest BCUT2D eigenvalue weighted by molar-refractivity contribution is 9.10. The number of carboxylic acid groups (broad SMARTS) is 1. The molecule has 0 radical (unpaired) electrons. The standard InChI is InChI=1S/C13H11BrClNO2/c1-6(2)11-5-9(13(17)18)8-3-7(15)4-10(14)12(8)16-11/h3-6H,1-2H3,(H,17,18). The molecule has 0 aliphatic carbocycles. The summed E-state index contributed by atoms with van der Waals surface area (Å²) >= 11 is 9.33. The van der Waals surface area contributed by atoms with Gasteiger partial charge in [-0.15, -0.1) is 0 Å². The van der Waals surface area contributed by atoms with Crippen LogP contribution in [-0.4, -0.2) is 16.1 Å². The predicted octanol–water partition coefficient (Wildman–Crippen LogP) is 4.47. The van der Waals surface area contributed by atoms with Crippen LogP contribution in [0, 0.1) is 0 Å². The highest BCUT2D eigenvalue weighted by Crippen LogP contribution is 2.31. The van der Waals surface area contributed by atoms with Crippen molar-refractivity contribution in [2.45, 2.75) is 19.8 Å². The van der Waals surface area contributed by atoms with Gasteiger partial charge < -0.3 is 5.11 Å². The number of rotatable bonds is 2. The molecule has 2 aromatic rings. The van der Waals surface area contributed by atoms with Gasteiger partial charge in [-0.2, -0.15) is 0 Å². The van der Waals surface area contributed by atoms with Crippen molar-refractivity contribution in [1.29, 1.82) is 0 Å². The molecule has 0 saturated heterocycles. The van der Waals surface area contributed by atoms with Crippen LogP contribution in [0.5, 0.6) is 0 Å². The predicted molar refractivity (Wildman–Crippen MR) is 75.5 cm³/mol. The smallest absolute Gasteiger partial charge is 0.336 e. The molecule has 0 aliphatic heterocycles. The van der Waals surface area contributed by atoms with Crippen molar-refractivity contribution >= 4 is 44.4 Å². The lowest BCUT2D eigenvalue weighted by molar-refractivity contribution is 0.0699. The van der Waals surface area contributed by atoms with Gasteiger partial charge >= 0.3 is 5.97 Å². The Morgan fingerprint density at radius 3 is 2.61 bits per heavy atom. The molecule has 0 spiro atoms. The number of halogens is 2. The van der Waals surface area contributed by atoms with Crippen LogP contribution >= 0.6 is 27.5 Å². The summed E-state index contributed by atoms with van der Waals surface area (Å²) in [6.45, 7) is 3.95. The molecular weight excluding hydrogens is 318 g/mol. The Labute approximate surface area is 118 Å². The lowest BCUT2D eigenvalue weighted by atomic mass is 10.0. The van der Waals surface area contributed by atoms with E-state index in [1.807, 2.05) is 13.8 Å².